The van der Waals surface area contributed by atoms with E-state index >= 15 is 0 Å². The average Bonchev–Trinajstić information content (AvgIpc) is 3.13. The van der Waals surface area contributed by atoms with Crippen molar-refractivity contribution in [1.82, 2.24) is 10.2 Å². The highest BCUT2D eigenvalue weighted by atomic mass is 35.5. The third kappa shape index (κ3) is 3.73. The molecule has 0 aromatic heterocycles. The van der Waals surface area contributed by atoms with E-state index in [1.165, 1.54) is 0 Å². The number of nitriles is 1. The number of hydrogen-bond acceptors (Lipinski definition) is 6. The Bertz CT molecular complexity index is 734. The number of methoxy groups -OCH3 is 1. The Kier molecular flexibility index (Phi) is 5.87. The number of rotatable bonds is 5. The molecule has 0 bridgehead atoms. The van der Waals surface area contributed by atoms with Gasteiger partial charge in [-0.1, -0.05) is 11.6 Å². The van der Waals surface area contributed by atoms with Crippen LogP contribution in [0.1, 0.15) is 28.8 Å². The monoisotopic (exact) mass is 378 g/mol. The van der Waals surface area contributed by atoms with Crippen LogP contribution in [0.15, 0.2) is 6.07 Å². The Hall–Kier alpha value is -2.01. The molecule has 8 heteroatoms. The first-order valence-corrected chi connectivity index (χ1v) is 9.09. The zero-order chi connectivity index (χ0) is 18.7. The molecule has 1 amide bonds. The molecule has 26 heavy (non-hydrogen) atoms. The standard InChI is InChI=1S/C18H23ClN4O3/c1-25-15-10-23(6-2-5-20)7-3-14(15)22-18(24)12-9-13(19)16(21)11-4-8-26-17(11)12/h9,14-15H,2-4,6-8,10,21H2,1H3,(H,22,24)/t14-,15+/m0/s1. The number of nitrogens with one attached hydrogen (secondary N) is 1. The highest BCUT2D eigenvalue weighted by Gasteiger charge is 2.32. The van der Waals surface area contributed by atoms with Gasteiger partial charge in [0.1, 0.15) is 5.75 Å². The maximum Gasteiger partial charge on any atom is 0.255 e. The summed E-state index contributed by atoms with van der Waals surface area (Å²) in [7, 11) is 1.64. The van der Waals surface area contributed by atoms with Crippen LogP contribution in [0.3, 0.4) is 0 Å². The molecule has 1 aromatic carbocycles. The second-order valence-electron chi connectivity index (χ2n) is 6.58. The first-order valence-electron chi connectivity index (χ1n) is 8.71. The Balaban J connectivity index is 1.72. The van der Waals surface area contributed by atoms with Crippen molar-refractivity contribution in [2.45, 2.75) is 31.4 Å². The maximum absolute atomic E-state index is 12.8. The highest BCUT2D eigenvalue weighted by Crippen LogP contribution is 2.38. The molecule has 2 atom stereocenters. The number of halogens is 1. The minimum Gasteiger partial charge on any atom is -0.492 e. The fourth-order valence-corrected chi connectivity index (χ4v) is 3.80. The van der Waals surface area contributed by atoms with Crippen LogP contribution in [0.4, 0.5) is 5.69 Å². The van der Waals surface area contributed by atoms with E-state index in [1.807, 2.05) is 0 Å². The molecule has 1 aromatic rings. The first kappa shape index (κ1) is 18.8. The molecule has 2 heterocycles. The van der Waals surface area contributed by atoms with Crippen LogP contribution in [-0.4, -0.2) is 56.3 Å². The van der Waals surface area contributed by atoms with E-state index < -0.39 is 0 Å². The lowest BCUT2D eigenvalue weighted by atomic mass is 10.00. The van der Waals surface area contributed by atoms with Crippen molar-refractivity contribution in [2.75, 3.05) is 39.1 Å². The summed E-state index contributed by atoms with van der Waals surface area (Å²) in [5.41, 5.74) is 7.69. The minimum absolute atomic E-state index is 0.112. The molecule has 140 valence electrons. The number of nitrogens with zero attached hydrogens (tertiary/aromatic N) is 2. The van der Waals surface area contributed by atoms with Crippen LogP contribution in [0.25, 0.3) is 0 Å². The number of ether oxygens (including phenoxy) is 2. The molecule has 0 saturated carbocycles. The Morgan fingerprint density at radius 2 is 2.42 bits per heavy atom. The summed E-state index contributed by atoms with van der Waals surface area (Å²) in [6, 6.07) is 3.62. The normalized spacial score (nSPS) is 22.3. The lowest BCUT2D eigenvalue weighted by molar-refractivity contribution is 0.00705. The topological polar surface area (TPSA) is 101 Å². The first-order chi connectivity index (χ1) is 12.5. The third-order valence-electron chi connectivity index (χ3n) is 5.02. The molecule has 0 radical (unpaired) electrons. The molecule has 7 nitrogen and oxygen atoms in total. The fraction of sp³-hybridized carbons (Fsp3) is 0.556. The molecule has 0 unspecified atom stereocenters. The number of fused-ring (bicyclic) bond motifs is 1. The molecule has 3 rings (SSSR count). The van der Waals surface area contributed by atoms with Crippen molar-refractivity contribution >= 4 is 23.2 Å². The van der Waals surface area contributed by atoms with Crippen LogP contribution in [0, 0.1) is 11.3 Å². The van der Waals surface area contributed by atoms with Crippen LogP contribution in [0.2, 0.25) is 5.02 Å². The molecule has 3 N–H and O–H groups in total. The van der Waals surface area contributed by atoms with Crippen molar-refractivity contribution in [3.05, 3.63) is 22.2 Å². The number of nitrogens with two attached hydrogens (primary N) is 1. The van der Waals surface area contributed by atoms with Gasteiger partial charge >= 0.3 is 0 Å². The van der Waals surface area contributed by atoms with Gasteiger partial charge in [0.25, 0.3) is 5.91 Å². The van der Waals surface area contributed by atoms with Gasteiger partial charge in [0.15, 0.2) is 0 Å². The zero-order valence-electron chi connectivity index (χ0n) is 14.8. The van der Waals surface area contributed by atoms with Gasteiger partial charge in [0, 0.05) is 45.1 Å². The van der Waals surface area contributed by atoms with Gasteiger partial charge < -0.3 is 20.5 Å². The maximum atomic E-state index is 12.8. The number of piperidine rings is 1. The van der Waals surface area contributed by atoms with Crippen molar-refractivity contribution in [1.29, 1.82) is 5.26 Å². The van der Waals surface area contributed by atoms with Gasteiger partial charge in [-0.2, -0.15) is 5.26 Å². The summed E-state index contributed by atoms with van der Waals surface area (Å²) in [4.78, 5) is 15.0. The van der Waals surface area contributed by atoms with Gasteiger partial charge in [-0.25, -0.2) is 0 Å². The summed E-state index contributed by atoms with van der Waals surface area (Å²) < 4.78 is 11.2. The number of nitrogen functional groups attached to an aromatic ring is 1. The Morgan fingerprint density at radius 1 is 1.62 bits per heavy atom. The molecule has 1 fully saturated rings. The van der Waals surface area contributed by atoms with Crippen LogP contribution >= 0.6 is 11.6 Å². The molecular formula is C18H23ClN4O3. The quantitative estimate of drug-likeness (QED) is 0.754. The van der Waals surface area contributed by atoms with E-state index in [2.05, 4.69) is 16.3 Å². The third-order valence-corrected chi connectivity index (χ3v) is 5.33. The van der Waals surface area contributed by atoms with E-state index in [4.69, 9.17) is 32.1 Å². The summed E-state index contributed by atoms with van der Waals surface area (Å²) in [5.74, 6) is 0.299. The van der Waals surface area contributed by atoms with Crippen LogP contribution in [0.5, 0.6) is 5.75 Å². The largest absolute Gasteiger partial charge is 0.492 e. The summed E-state index contributed by atoms with van der Waals surface area (Å²) >= 11 is 6.19. The molecular weight excluding hydrogens is 356 g/mol. The van der Waals surface area contributed by atoms with Crippen molar-refractivity contribution < 1.29 is 14.3 Å². The number of carbonyl (C=O) groups is 1. The van der Waals surface area contributed by atoms with Gasteiger partial charge in [0.2, 0.25) is 0 Å². The van der Waals surface area contributed by atoms with Crippen LogP contribution < -0.4 is 15.8 Å². The van der Waals surface area contributed by atoms with E-state index in [9.17, 15) is 4.79 Å². The molecule has 0 spiro atoms. The highest BCUT2D eigenvalue weighted by molar-refractivity contribution is 6.33. The second kappa shape index (κ2) is 8.12. The lowest BCUT2D eigenvalue weighted by Gasteiger charge is -2.37. The van der Waals surface area contributed by atoms with E-state index in [0.29, 0.717) is 54.6 Å². The number of benzene rings is 1. The Morgan fingerprint density at radius 3 is 3.15 bits per heavy atom. The minimum atomic E-state index is -0.234. The molecule has 2 aliphatic heterocycles. The van der Waals surface area contributed by atoms with Crippen molar-refractivity contribution in [3.8, 4) is 11.8 Å². The number of hydrogen-bond donors (Lipinski definition) is 2. The SMILES string of the molecule is CO[C@@H]1CN(CCC#N)CC[C@@H]1NC(=O)c1cc(Cl)c(N)c2c1OCC2. The van der Waals surface area contributed by atoms with Crippen LogP contribution in [-0.2, 0) is 11.2 Å². The van der Waals surface area contributed by atoms with Gasteiger partial charge in [-0.15, -0.1) is 0 Å². The second-order valence-corrected chi connectivity index (χ2v) is 6.98. The number of amides is 1. The number of anilines is 1. The predicted octanol–water partition coefficient (Wildman–Crippen LogP) is 1.59. The fourth-order valence-electron chi connectivity index (χ4n) is 3.58. The van der Waals surface area contributed by atoms with Crippen molar-refractivity contribution in [2.24, 2.45) is 0 Å². The zero-order valence-corrected chi connectivity index (χ0v) is 15.5. The molecule has 0 aliphatic carbocycles. The number of likely N-dealkylation sites (tertiary alicyclic amines) is 1. The average molecular weight is 379 g/mol. The van der Waals surface area contributed by atoms with Gasteiger partial charge in [-0.05, 0) is 12.5 Å². The van der Waals surface area contributed by atoms with Crippen molar-refractivity contribution in [3.63, 3.8) is 0 Å². The van der Waals surface area contributed by atoms with E-state index in [1.54, 1.807) is 13.2 Å². The van der Waals surface area contributed by atoms with Gasteiger partial charge in [-0.3, -0.25) is 9.69 Å². The Labute approximate surface area is 158 Å². The molecule has 1 saturated heterocycles. The summed E-state index contributed by atoms with van der Waals surface area (Å²) in [5, 5.41) is 12.2. The number of carbonyl (C=O) groups excluding carboxylic acids is 1. The smallest absolute Gasteiger partial charge is 0.255 e. The summed E-state index contributed by atoms with van der Waals surface area (Å²) in [6.07, 6.45) is 1.76. The predicted molar refractivity (Wildman–Crippen MR) is 98.4 cm³/mol. The summed E-state index contributed by atoms with van der Waals surface area (Å²) in [6.45, 7) is 2.70. The lowest BCUT2D eigenvalue weighted by Crippen LogP contribution is -2.54. The van der Waals surface area contributed by atoms with Gasteiger partial charge in [0.05, 0.1) is 41.1 Å². The molecule has 2 aliphatic rings. The van der Waals surface area contributed by atoms with E-state index in [0.717, 1.165) is 18.5 Å². The van der Waals surface area contributed by atoms with E-state index in [-0.39, 0.29) is 18.1 Å².